The van der Waals surface area contributed by atoms with Gasteiger partial charge in [-0.15, -0.1) is 0 Å². The average Bonchev–Trinajstić information content (AvgIpc) is 2.93. The second-order valence-corrected chi connectivity index (χ2v) is 11.3. The number of benzene rings is 3. The number of hydrogen-bond acceptors (Lipinski definition) is 5. The van der Waals surface area contributed by atoms with E-state index in [4.69, 9.17) is 27.9 Å². The third-order valence-corrected chi connectivity index (χ3v) is 7.82. The van der Waals surface area contributed by atoms with E-state index in [9.17, 15) is 14.7 Å². The van der Waals surface area contributed by atoms with E-state index in [0.29, 0.717) is 46.7 Å². The van der Waals surface area contributed by atoms with Gasteiger partial charge in [-0.1, -0.05) is 66.5 Å². The zero-order valence-electron chi connectivity index (χ0n) is 22.9. The Hall–Kier alpha value is -3.10. The maximum absolute atomic E-state index is 13.7. The van der Waals surface area contributed by atoms with Gasteiger partial charge < -0.3 is 20.1 Å². The topological polar surface area (TPSA) is 82.1 Å². The summed E-state index contributed by atoms with van der Waals surface area (Å²) in [6, 6.07) is 19.8. The molecular formula is C31H35Cl2N3O4. The van der Waals surface area contributed by atoms with Crippen molar-refractivity contribution in [2.45, 2.75) is 39.0 Å². The van der Waals surface area contributed by atoms with Crippen LogP contribution in [0.3, 0.4) is 0 Å². The van der Waals surface area contributed by atoms with Crippen molar-refractivity contribution in [3.8, 4) is 5.75 Å². The van der Waals surface area contributed by atoms with Gasteiger partial charge in [-0.3, -0.25) is 14.5 Å². The van der Waals surface area contributed by atoms with E-state index in [-0.39, 0.29) is 42.9 Å². The van der Waals surface area contributed by atoms with Crippen LogP contribution in [0.25, 0.3) is 0 Å². The molecule has 0 radical (unpaired) electrons. The van der Waals surface area contributed by atoms with E-state index in [0.717, 1.165) is 11.1 Å². The Balaban J connectivity index is 1.56. The van der Waals surface area contributed by atoms with Crippen LogP contribution in [-0.2, 0) is 17.8 Å². The second kappa shape index (κ2) is 13.5. The number of ether oxygens (including phenoxy) is 1. The molecule has 212 valence electrons. The smallest absolute Gasteiger partial charge is 0.258 e. The Morgan fingerprint density at radius 2 is 1.85 bits per heavy atom. The van der Waals surface area contributed by atoms with E-state index in [2.05, 4.69) is 10.2 Å². The number of anilines is 1. The maximum atomic E-state index is 13.7. The summed E-state index contributed by atoms with van der Waals surface area (Å²) >= 11 is 12.3. The molecule has 0 fully saturated rings. The highest BCUT2D eigenvalue weighted by molar-refractivity contribution is 6.42. The number of rotatable bonds is 9. The quantitative estimate of drug-likeness (QED) is 0.346. The van der Waals surface area contributed by atoms with Gasteiger partial charge in [-0.25, -0.2) is 0 Å². The van der Waals surface area contributed by atoms with Gasteiger partial charge >= 0.3 is 0 Å². The summed E-state index contributed by atoms with van der Waals surface area (Å²) in [5.41, 5.74) is 2.78. The number of halogens is 2. The fourth-order valence-corrected chi connectivity index (χ4v) is 5.15. The van der Waals surface area contributed by atoms with Crippen LogP contribution < -0.4 is 10.1 Å². The number of fused-ring (bicyclic) bond motifs is 1. The summed E-state index contributed by atoms with van der Waals surface area (Å²) in [4.78, 5) is 30.2. The summed E-state index contributed by atoms with van der Waals surface area (Å²) in [6.07, 6.45) is -0.0209. The van der Waals surface area contributed by atoms with Crippen molar-refractivity contribution in [3.63, 3.8) is 0 Å². The molecule has 1 aliphatic rings. The van der Waals surface area contributed by atoms with Crippen LogP contribution in [0.15, 0.2) is 66.7 Å². The molecule has 1 aliphatic heterocycles. The van der Waals surface area contributed by atoms with Crippen molar-refractivity contribution in [1.82, 2.24) is 9.80 Å². The first-order valence-corrected chi connectivity index (χ1v) is 14.1. The Kier molecular flexibility index (Phi) is 10.1. The van der Waals surface area contributed by atoms with Gasteiger partial charge in [0.15, 0.2) is 0 Å². The molecule has 0 spiro atoms. The molecule has 0 aromatic heterocycles. The zero-order chi connectivity index (χ0) is 28.8. The molecule has 4 rings (SSSR count). The maximum Gasteiger partial charge on any atom is 0.258 e. The average molecular weight is 585 g/mol. The zero-order valence-corrected chi connectivity index (χ0v) is 24.5. The lowest BCUT2D eigenvalue weighted by atomic mass is 9.99. The number of carbonyl (C=O) groups excluding carboxylic acids is 2. The monoisotopic (exact) mass is 583 g/mol. The number of aliphatic hydroxyl groups is 1. The van der Waals surface area contributed by atoms with E-state index in [1.165, 1.54) is 0 Å². The van der Waals surface area contributed by atoms with Gasteiger partial charge in [-0.05, 0) is 55.4 Å². The van der Waals surface area contributed by atoms with Crippen LogP contribution in [0.5, 0.6) is 5.75 Å². The molecule has 2 N–H and O–H groups in total. The van der Waals surface area contributed by atoms with Crippen molar-refractivity contribution in [3.05, 3.63) is 93.5 Å². The predicted molar refractivity (Wildman–Crippen MR) is 159 cm³/mol. The van der Waals surface area contributed by atoms with Gasteiger partial charge in [-0.2, -0.15) is 0 Å². The predicted octanol–water partition coefficient (Wildman–Crippen LogP) is 5.53. The minimum Gasteiger partial charge on any atom is -0.488 e. The van der Waals surface area contributed by atoms with Crippen molar-refractivity contribution in [2.75, 3.05) is 32.1 Å². The Bertz CT molecular complexity index is 1340. The lowest BCUT2D eigenvalue weighted by molar-refractivity contribution is -0.115. The molecule has 0 saturated carbocycles. The van der Waals surface area contributed by atoms with Gasteiger partial charge in [0, 0.05) is 31.2 Å². The molecule has 3 aromatic rings. The first-order chi connectivity index (χ1) is 19.1. The highest BCUT2D eigenvalue weighted by atomic mass is 35.5. The number of nitrogens with zero attached hydrogens (tertiary/aromatic N) is 2. The van der Waals surface area contributed by atoms with Crippen LogP contribution in [-0.4, -0.2) is 65.6 Å². The Labute approximate surface area is 245 Å². The summed E-state index contributed by atoms with van der Waals surface area (Å²) in [5.74, 6) is -0.000155. The Morgan fingerprint density at radius 1 is 1.10 bits per heavy atom. The van der Waals surface area contributed by atoms with E-state index >= 15 is 0 Å². The lowest BCUT2D eigenvalue weighted by Gasteiger charge is -2.38. The largest absolute Gasteiger partial charge is 0.488 e. The summed E-state index contributed by atoms with van der Waals surface area (Å²) in [7, 11) is 2.00. The van der Waals surface area contributed by atoms with Gasteiger partial charge in [0.2, 0.25) is 5.91 Å². The van der Waals surface area contributed by atoms with Gasteiger partial charge in [0.05, 0.1) is 34.7 Å². The number of hydrogen-bond donors (Lipinski definition) is 2. The molecule has 0 bridgehead atoms. The molecule has 0 saturated heterocycles. The number of nitrogens with one attached hydrogen (secondary N) is 1. The summed E-state index contributed by atoms with van der Waals surface area (Å²) < 4.78 is 6.48. The number of carbonyl (C=O) groups is 2. The number of amides is 2. The van der Waals surface area contributed by atoms with Crippen molar-refractivity contribution >= 4 is 40.7 Å². The van der Waals surface area contributed by atoms with Crippen molar-refractivity contribution in [1.29, 1.82) is 0 Å². The van der Waals surface area contributed by atoms with Crippen LogP contribution in [0.4, 0.5) is 5.69 Å². The summed E-state index contributed by atoms with van der Waals surface area (Å²) in [6.45, 7) is 5.35. The molecule has 2 amide bonds. The third kappa shape index (κ3) is 7.55. The van der Waals surface area contributed by atoms with Crippen LogP contribution in [0, 0.1) is 5.92 Å². The molecule has 1 heterocycles. The SMILES string of the molecule is C[C@H](CO)N1C[C@H](C)[C@@H](CN(C)Cc2ccc(Cl)c(Cl)c2)Oc2ccc(NC(=O)Cc3ccccc3)cc2C1=O. The fourth-order valence-electron chi connectivity index (χ4n) is 4.83. The minimum atomic E-state index is -0.383. The molecule has 3 atom stereocenters. The highest BCUT2D eigenvalue weighted by Crippen LogP contribution is 2.31. The number of likely N-dealkylation sites (N-methyl/N-ethyl adjacent to an activating group) is 1. The normalized spacial score (nSPS) is 18.0. The minimum absolute atomic E-state index is 0.0207. The molecule has 9 heteroatoms. The molecule has 3 aromatic carbocycles. The lowest BCUT2D eigenvalue weighted by Crippen LogP contribution is -2.49. The first-order valence-electron chi connectivity index (χ1n) is 13.3. The first kappa shape index (κ1) is 29.9. The molecule has 7 nitrogen and oxygen atoms in total. The second-order valence-electron chi connectivity index (χ2n) is 10.5. The van der Waals surface area contributed by atoms with E-state index < -0.39 is 0 Å². The van der Waals surface area contributed by atoms with Crippen LogP contribution in [0.1, 0.15) is 35.3 Å². The van der Waals surface area contributed by atoms with E-state index in [1.54, 1.807) is 29.2 Å². The highest BCUT2D eigenvalue weighted by Gasteiger charge is 2.33. The molecular weight excluding hydrogens is 549 g/mol. The summed E-state index contributed by atoms with van der Waals surface area (Å²) in [5, 5.41) is 13.8. The van der Waals surface area contributed by atoms with Crippen LogP contribution >= 0.6 is 23.2 Å². The van der Waals surface area contributed by atoms with E-state index in [1.807, 2.05) is 63.4 Å². The Morgan fingerprint density at radius 3 is 2.55 bits per heavy atom. The van der Waals surface area contributed by atoms with Crippen molar-refractivity contribution in [2.24, 2.45) is 5.92 Å². The molecule has 0 aliphatic carbocycles. The van der Waals surface area contributed by atoms with Crippen LogP contribution in [0.2, 0.25) is 10.0 Å². The van der Waals surface area contributed by atoms with Crippen molar-refractivity contribution < 1.29 is 19.4 Å². The fraction of sp³-hybridized carbons (Fsp3) is 0.355. The number of aliphatic hydroxyl groups excluding tert-OH is 1. The standard InChI is InChI=1S/C31H35Cl2N3O4/c1-20-16-36(21(2)19-37)31(39)25-15-24(34-30(38)14-22-7-5-4-6-8-22)10-12-28(25)40-29(20)18-35(3)17-23-9-11-26(32)27(33)13-23/h4-13,15,20-21,29,37H,14,16-19H2,1-3H3,(H,34,38)/t20-,21+,29+/m0/s1. The molecule has 0 unspecified atom stereocenters. The van der Waals surface area contributed by atoms with Gasteiger partial charge in [0.25, 0.3) is 5.91 Å². The molecule has 40 heavy (non-hydrogen) atoms. The van der Waals surface area contributed by atoms with Gasteiger partial charge in [0.1, 0.15) is 11.9 Å². The third-order valence-electron chi connectivity index (χ3n) is 7.08.